The number of esters is 4. The van der Waals surface area contributed by atoms with Crippen LogP contribution in [0.5, 0.6) is 0 Å². The summed E-state index contributed by atoms with van der Waals surface area (Å²) in [4.78, 5) is 72.7. The highest BCUT2D eigenvalue weighted by molar-refractivity contribution is 7.47. The van der Waals surface area contributed by atoms with E-state index in [1.807, 2.05) is 0 Å². The number of unbranched alkanes of at least 4 members (excludes halogenated alkanes) is 34. The van der Waals surface area contributed by atoms with Crippen LogP contribution in [0, 0.1) is 17.8 Å². The van der Waals surface area contributed by atoms with Gasteiger partial charge in [-0.05, 0) is 69.1 Å². The van der Waals surface area contributed by atoms with Gasteiger partial charge in [-0.15, -0.1) is 0 Å². The second-order valence-electron chi connectivity index (χ2n) is 27.1. The van der Waals surface area contributed by atoms with Crippen molar-refractivity contribution < 1.29 is 80.2 Å². The van der Waals surface area contributed by atoms with Gasteiger partial charge in [0.25, 0.3) is 0 Å². The fourth-order valence-corrected chi connectivity index (χ4v) is 12.1. The number of hydrogen-bond acceptors (Lipinski definition) is 15. The average Bonchev–Trinajstić information content (AvgIpc) is 1.41. The number of carbonyl (C=O) groups excluding carboxylic acids is 4. The van der Waals surface area contributed by atoms with E-state index in [1.165, 1.54) is 141 Å². The molecule has 17 nitrogen and oxygen atoms in total. The SMILES string of the molecule is CCCCCC/C=C\C=C/CCCCCCCC(=O)O[C@H](COC(=O)CCCCCCCCCCCCC(C)C)COP(=O)(O)OC[C@@H](O)COP(=O)(O)OC[C@@H](COC(=O)CCCCCCCCCCCC(C)C)OC(=O)CCCCCCCCCCCC(C)C. The van der Waals surface area contributed by atoms with E-state index in [0.717, 1.165) is 120 Å². The van der Waals surface area contributed by atoms with Crippen molar-refractivity contribution in [1.29, 1.82) is 0 Å². The molecule has 0 rings (SSSR count). The zero-order valence-corrected chi connectivity index (χ0v) is 61.3. The third-order valence-electron chi connectivity index (χ3n) is 16.3. The van der Waals surface area contributed by atoms with Crippen LogP contribution in [0.1, 0.15) is 344 Å². The number of rotatable bonds is 69. The van der Waals surface area contributed by atoms with E-state index in [9.17, 15) is 43.2 Å². The molecule has 0 heterocycles. The largest absolute Gasteiger partial charge is 0.472 e. The van der Waals surface area contributed by atoms with Crippen molar-refractivity contribution in [3.8, 4) is 0 Å². The molecule has 0 aromatic heterocycles. The van der Waals surface area contributed by atoms with Crippen molar-refractivity contribution >= 4 is 39.5 Å². The van der Waals surface area contributed by atoms with Crippen molar-refractivity contribution in [2.24, 2.45) is 17.8 Å². The van der Waals surface area contributed by atoms with Crippen LogP contribution in [-0.2, 0) is 65.4 Å². The molecule has 0 aliphatic heterocycles. The van der Waals surface area contributed by atoms with Crippen LogP contribution < -0.4 is 0 Å². The predicted octanol–water partition coefficient (Wildman–Crippen LogP) is 20.6. The van der Waals surface area contributed by atoms with Gasteiger partial charge in [0.05, 0.1) is 26.4 Å². The minimum atomic E-state index is -4.96. The summed E-state index contributed by atoms with van der Waals surface area (Å²) in [5.41, 5.74) is 0. The maximum atomic E-state index is 13.0. The zero-order valence-electron chi connectivity index (χ0n) is 59.5. The Balaban J connectivity index is 5.30. The number of phosphoric acid groups is 2. The van der Waals surface area contributed by atoms with Gasteiger partial charge >= 0.3 is 39.5 Å². The highest BCUT2D eigenvalue weighted by Gasteiger charge is 2.30. The number of phosphoric ester groups is 2. The van der Waals surface area contributed by atoms with Gasteiger partial charge < -0.3 is 33.8 Å². The summed E-state index contributed by atoms with van der Waals surface area (Å²) in [6, 6.07) is 0. The molecule has 0 radical (unpaired) electrons. The first kappa shape index (κ1) is 89.5. The topological polar surface area (TPSA) is 237 Å². The van der Waals surface area contributed by atoms with E-state index in [-0.39, 0.29) is 25.7 Å². The molecule has 0 saturated heterocycles. The van der Waals surface area contributed by atoms with Gasteiger partial charge in [0.15, 0.2) is 12.2 Å². The van der Waals surface area contributed by atoms with Crippen molar-refractivity contribution in [2.45, 2.75) is 362 Å². The molecule has 5 atom stereocenters. The summed E-state index contributed by atoms with van der Waals surface area (Å²) < 4.78 is 68.4. The maximum absolute atomic E-state index is 13.0. The molecule has 92 heavy (non-hydrogen) atoms. The van der Waals surface area contributed by atoms with Crippen LogP contribution in [0.4, 0.5) is 0 Å². The molecule has 0 aromatic carbocycles. The lowest BCUT2D eigenvalue weighted by atomic mass is 10.0. The summed E-state index contributed by atoms with van der Waals surface area (Å²) in [6.45, 7) is 11.8. The van der Waals surface area contributed by atoms with E-state index in [2.05, 4.69) is 72.8 Å². The standard InChI is InChI=1S/C73H138O17P2/c1-8-9-10-11-12-13-14-15-16-17-18-27-35-42-49-56-72(77)89-68(60-83-70(75)54-47-40-33-26-20-19-23-30-37-44-51-64(2)3)62-87-91(79,80)85-58-67(74)59-86-92(81,82)88-63-69(90-73(78)57-50-43-36-29-22-25-32-39-46-53-66(6)7)61-84-71(76)55-48-41-34-28-21-24-31-38-45-52-65(4)5/h13-16,64-69,74H,8-12,17-63H2,1-7H3,(H,79,80)(H,81,82)/b14-13-,16-15-/t67-,68-,69-/m1/s1. The van der Waals surface area contributed by atoms with E-state index in [1.54, 1.807) is 0 Å². The average molecular weight is 1350 g/mol. The van der Waals surface area contributed by atoms with Crippen LogP contribution in [0.3, 0.4) is 0 Å². The molecular formula is C73H138O17P2. The predicted molar refractivity (Wildman–Crippen MR) is 372 cm³/mol. The summed E-state index contributed by atoms with van der Waals surface area (Å²) >= 11 is 0. The fraction of sp³-hybridized carbons (Fsp3) is 0.890. The molecule has 0 aliphatic carbocycles. The van der Waals surface area contributed by atoms with Gasteiger partial charge in [0, 0.05) is 25.7 Å². The van der Waals surface area contributed by atoms with Gasteiger partial charge in [-0.2, -0.15) is 0 Å². The first-order valence-corrected chi connectivity index (χ1v) is 40.2. The summed E-state index contributed by atoms with van der Waals surface area (Å²) in [5.74, 6) is 0.0797. The van der Waals surface area contributed by atoms with Crippen LogP contribution in [0.15, 0.2) is 24.3 Å². The Labute approximate surface area is 561 Å². The van der Waals surface area contributed by atoms with Gasteiger partial charge in [-0.1, -0.05) is 291 Å². The molecule has 542 valence electrons. The zero-order chi connectivity index (χ0) is 68.0. The number of allylic oxidation sites excluding steroid dienone is 4. The lowest BCUT2D eigenvalue weighted by molar-refractivity contribution is -0.161. The normalized spacial score (nSPS) is 14.3. The van der Waals surface area contributed by atoms with E-state index >= 15 is 0 Å². The Morgan fingerprint density at radius 1 is 0.337 bits per heavy atom. The minimum absolute atomic E-state index is 0.0844. The molecule has 0 bridgehead atoms. The third-order valence-corrected chi connectivity index (χ3v) is 18.2. The smallest absolute Gasteiger partial charge is 0.462 e. The Morgan fingerprint density at radius 2 is 0.587 bits per heavy atom. The van der Waals surface area contributed by atoms with Crippen molar-refractivity contribution in [1.82, 2.24) is 0 Å². The summed E-state index contributed by atoms with van der Waals surface area (Å²) in [7, 11) is -9.92. The quantitative estimate of drug-likeness (QED) is 0.0169. The molecule has 0 amide bonds. The third kappa shape index (κ3) is 66.2. The molecule has 2 unspecified atom stereocenters. The second kappa shape index (κ2) is 63.3. The van der Waals surface area contributed by atoms with Crippen molar-refractivity contribution in [2.75, 3.05) is 39.6 Å². The van der Waals surface area contributed by atoms with Gasteiger partial charge in [-0.3, -0.25) is 37.3 Å². The molecule has 0 saturated carbocycles. The monoisotopic (exact) mass is 1350 g/mol. The highest BCUT2D eigenvalue weighted by Crippen LogP contribution is 2.45. The lowest BCUT2D eigenvalue weighted by Gasteiger charge is -2.21. The van der Waals surface area contributed by atoms with Gasteiger partial charge in [0.2, 0.25) is 0 Å². The molecule has 3 N–H and O–H groups in total. The first-order valence-electron chi connectivity index (χ1n) is 37.2. The summed E-state index contributed by atoms with van der Waals surface area (Å²) in [6.07, 6.45) is 50.7. The van der Waals surface area contributed by atoms with E-state index in [4.69, 9.17) is 37.0 Å². The van der Waals surface area contributed by atoms with E-state index in [0.29, 0.717) is 25.7 Å². The molecule has 0 fully saturated rings. The molecule has 19 heteroatoms. The van der Waals surface area contributed by atoms with Gasteiger partial charge in [-0.25, -0.2) is 9.13 Å². The Morgan fingerprint density at radius 3 is 0.880 bits per heavy atom. The molecular weight excluding hydrogens is 1210 g/mol. The van der Waals surface area contributed by atoms with Crippen LogP contribution in [-0.4, -0.2) is 96.7 Å². The number of aliphatic hydroxyl groups is 1. The van der Waals surface area contributed by atoms with E-state index < -0.39 is 97.5 Å². The molecule has 0 aromatic rings. The molecule has 0 spiro atoms. The highest BCUT2D eigenvalue weighted by atomic mass is 31.2. The van der Waals surface area contributed by atoms with Crippen LogP contribution in [0.25, 0.3) is 0 Å². The summed E-state index contributed by atoms with van der Waals surface area (Å²) in [5, 5.41) is 10.6. The Bertz CT molecular complexity index is 1890. The van der Waals surface area contributed by atoms with Gasteiger partial charge in [0.1, 0.15) is 19.3 Å². The minimum Gasteiger partial charge on any atom is -0.462 e. The maximum Gasteiger partial charge on any atom is 0.472 e. The number of ether oxygens (including phenoxy) is 4. The van der Waals surface area contributed by atoms with Crippen molar-refractivity contribution in [3.63, 3.8) is 0 Å². The van der Waals surface area contributed by atoms with Crippen LogP contribution in [0.2, 0.25) is 0 Å². The number of aliphatic hydroxyl groups excluding tert-OH is 1. The van der Waals surface area contributed by atoms with Crippen LogP contribution >= 0.6 is 15.6 Å². The Kier molecular flexibility index (Phi) is 61.6. The fourth-order valence-electron chi connectivity index (χ4n) is 10.5. The van der Waals surface area contributed by atoms with Crippen molar-refractivity contribution in [3.05, 3.63) is 24.3 Å². The Hall–Kier alpha value is -2.46. The number of hydrogen-bond donors (Lipinski definition) is 3. The second-order valence-corrected chi connectivity index (χ2v) is 30.0. The first-order chi connectivity index (χ1) is 44.2. The molecule has 0 aliphatic rings. The lowest BCUT2D eigenvalue weighted by Crippen LogP contribution is -2.30. The number of carbonyl (C=O) groups is 4.